The number of esters is 3. The second-order valence-electron chi connectivity index (χ2n) is 31.5. The summed E-state index contributed by atoms with van der Waals surface area (Å²) in [6.45, 7) is 19.2. The van der Waals surface area contributed by atoms with E-state index in [9.17, 15) is 81.2 Å². The average Bonchev–Trinajstić information content (AvgIpc) is 0.888. The fourth-order valence-electron chi connectivity index (χ4n) is 12.7. The Morgan fingerprint density at radius 3 is 1.94 bits per heavy atom. The second kappa shape index (κ2) is 56.9. The molecule has 40 heteroatoms. The number of cyclic esters (lactones) is 2. The number of nitrogens with zero attached hydrogens (tertiary/aromatic N) is 5. The first-order valence-corrected chi connectivity index (χ1v) is 45.1. The smallest absolute Gasteiger partial charge is 0.461 e. The van der Waals surface area contributed by atoms with Crippen molar-refractivity contribution in [3.8, 4) is 0 Å². The number of carbonyl (C=O) groups excluding carboxylic acids is 13. The molecule has 0 bridgehead atoms. The maximum atomic E-state index is 14.4. The Morgan fingerprint density at radius 2 is 1.33 bits per heavy atom. The predicted molar refractivity (Wildman–Crippen MR) is 457 cm³/mol. The van der Waals surface area contributed by atoms with Crippen LogP contribution in [0.5, 0.6) is 0 Å². The van der Waals surface area contributed by atoms with Crippen LogP contribution in [0.2, 0.25) is 0 Å². The van der Waals surface area contributed by atoms with Gasteiger partial charge in [0.15, 0.2) is 6.10 Å². The van der Waals surface area contributed by atoms with Crippen LogP contribution in [0.15, 0.2) is 83.0 Å². The standard InChI is InChI=1S/C83H132N14O24P2/c1-15-55(7)72-77(104)90-60(12)81(108)120-73(56(8)16-2)58(10)66(43-38-57(9)80(107)118-67(49-53(3)4)75(102)89-59(11)78(105)97(14)65(50-61-33-24-22-25-34-61)79(106)96(13)51-69(99)94-72)119-83(110)87-44-28-19-17-20-30-47-116-122(111,112)121-123(113,114)117-48-31-21-18-27-37-70(100)115-52-62-39-41-63(42-40-62)91-74(101)64(35-32-45-86-82(84)109)92-76(103)71(54(5)6)93-68(98)36-26-23-29-46-88-95-85/h16,22,24-25,33-34,38-42,53-55,58-60,64-67,71-73H,15,17-21,23,26-32,35-37,43-52H2,1-14H3,(H,87,110)(H,89,102)(H,90,104)(H,91,101)(H,92,103)(H,93,98)(H,94,99)(H,111,112)(H,113,114)(H3,84,86,109)/b56-16+,57-38+/t55?,58-,59-,60+,64+,65+,66-,67+,71+,72-,73+/m0/s1. The number of azide groups is 1. The number of carbonyl (C=O) groups is 13. The van der Waals surface area contributed by atoms with Crippen LogP contribution < -0.4 is 48.3 Å². The molecule has 0 radical (unpaired) electrons. The molecule has 123 heavy (non-hydrogen) atoms. The van der Waals surface area contributed by atoms with Gasteiger partial charge < -0.3 is 86.8 Å². The second-order valence-corrected chi connectivity index (χ2v) is 34.6. The molecule has 1 aliphatic rings. The molecule has 12 N–H and O–H groups in total. The maximum Gasteiger partial charge on any atom is 0.481 e. The summed E-state index contributed by atoms with van der Waals surface area (Å²) in [5.74, 6) is -9.18. The topological polar surface area (TPSA) is 539 Å². The lowest BCUT2D eigenvalue weighted by atomic mass is 9.90. The predicted octanol–water partition coefficient (Wildman–Crippen LogP) is 9.75. The summed E-state index contributed by atoms with van der Waals surface area (Å²) in [5, 5.41) is 24.9. The molecule has 688 valence electrons. The first-order chi connectivity index (χ1) is 58.1. The van der Waals surface area contributed by atoms with Crippen molar-refractivity contribution >= 4 is 98.6 Å². The SMILES string of the molecule is C/C=C(\C)[C@H]1OC(=O)[C@@H](C)NC(=O)[C@H](C(C)CC)NC(=O)CN(C)C(=O)[C@@H](Cc2ccccc2)N(C)C(=O)[C@H](C)NC(=O)[C@@H](CC(C)C)OC(=O)/C(C)=C/C[C@H](OC(=O)NCCCCCCCOP(=O)(O)OP(=O)(O)OCCCCCCC(=O)OCc2ccc(NC(=O)[C@@H](CCCNC(N)=O)NC(=O)[C@H](NC(=O)CCCCCN=[N+]=[N-])C(C)C)cc2)[C@@H]1C. The van der Waals surface area contributed by atoms with Crippen molar-refractivity contribution in [3.05, 3.63) is 99.5 Å². The Labute approximate surface area is 721 Å². The van der Waals surface area contributed by atoms with Crippen LogP contribution in [0.1, 0.15) is 216 Å². The lowest BCUT2D eigenvalue weighted by Crippen LogP contribution is -2.57. The molecule has 0 saturated heterocycles. The minimum Gasteiger partial charge on any atom is -0.461 e. The fourth-order valence-corrected chi connectivity index (χ4v) is 14.9. The highest BCUT2D eigenvalue weighted by Crippen LogP contribution is 2.60. The zero-order valence-corrected chi connectivity index (χ0v) is 75.3. The molecule has 0 spiro atoms. The lowest BCUT2D eigenvalue weighted by Gasteiger charge is -2.33. The van der Waals surface area contributed by atoms with Crippen molar-refractivity contribution in [1.29, 1.82) is 0 Å². The molecular weight excluding hydrogens is 1640 g/mol. The largest absolute Gasteiger partial charge is 0.481 e. The van der Waals surface area contributed by atoms with Crippen molar-refractivity contribution in [2.24, 2.45) is 34.5 Å². The number of primary amides is 1. The molecule has 2 aromatic carbocycles. The van der Waals surface area contributed by atoms with Gasteiger partial charge in [0.25, 0.3) is 5.91 Å². The first-order valence-electron chi connectivity index (χ1n) is 42.1. The van der Waals surface area contributed by atoms with E-state index in [1.165, 1.54) is 45.8 Å². The Hall–Kier alpha value is -9.80. The number of amides is 11. The van der Waals surface area contributed by atoms with E-state index in [1.54, 1.807) is 102 Å². The highest BCUT2D eigenvalue weighted by molar-refractivity contribution is 7.61. The fraction of sp³-hybridized carbons (Fsp3) is 0.651. The zero-order chi connectivity index (χ0) is 91.9. The number of nitrogens with one attached hydrogen (secondary N) is 8. The zero-order valence-electron chi connectivity index (χ0n) is 73.5. The van der Waals surface area contributed by atoms with Gasteiger partial charge in [-0.2, -0.15) is 4.31 Å². The molecule has 0 saturated carbocycles. The molecule has 0 fully saturated rings. The minimum atomic E-state index is -5.07. The van der Waals surface area contributed by atoms with Crippen LogP contribution in [0, 0.1) is 23.7 Å². The lowest BCUT2D eigenvalue weighted by molar-refractivity contribution is -0.155. The van der Waals surface area contributed by atoms with E-state index in [1.807, 2.05) is 20.8 Å². The molecule has 0 aromatic heterocycles. The van der Waals surface area contributed by atoms with Crippen LogP contribution in [0.25, 0.3) is 10.4 Å². The monoisotopic (exact) mass is 1770 g/mol. The number of ether oxygens (including phenoxy) is 4. The average molecular weight is 1770 g/mol. The van der Waals surface area contributed by atoms with Crippen LogP contribution >= 0.6 is 15.6 Å². The Kier molecular flexibility index (Phi) is 49.6. The van der Waals surface area contributed by atoms with Crippen LogP contribution in [-0.2, 0) is 107 Å². The van der Waals surface area contributed by atoms with Crippen LogP contribution in [-0.4, -0.2) is 205 Å². The summed E-state index contributed by atoms with van der Waals surface area (Å²) in [7, 11) is -7.36. The number of alkyl carbamates (subject to hydrolysis) is 1. The van der Waals surface area contributed by atoms with Gasteiger partial charge in [0.05, 0.1) is 19.8 Å². The van der Waals surface area contributed by atoms with E-state index in [4.69, 9.17) is 39.3 Å². The van der Waals surface area contributed by atoms with Gasteiger partial charge in [-0.25, -0.2) is 28.3 Å². The molecule has 11 amide bonds. The Balaban J connectivity index is 1.55. The summed E-state index contributed by atoms with van der Waals surface area (Å²) >= 11 is 0. The van der Waals surface area contributed by atoms with Gasteiger partial charge in [-0.3, -0.25) is 52.2 Å². The molecule has 38 nitrogen and oxygen atoms in total. The van der Waals surface area contributed by atoms with E-state index in [2.05, 4.69) is 56.9 Å². The Morgan fingerprint density at radius 1 is 0.732 bits per heavy atom. The number of urea groups is 1. The van der Waals surface area contributed by atoms with Gasteiger partial charge in [0, 0.05) is 81.5 Å². The van der Waals surface area contributed by atoms with Crippen molar-refractivity contribution in [2.75, 3.05) is 58.8 Å². The van der Waals surface area contributed by atoms with Crippen LogP contribution in [0.3, 0.4) is 0 Å². The number of rotatable bonds is 45. The summed E-state index contributed by atoms with van der Waals surface area (Å²) in [6.07, 6.45) is 5.08. The van der Waals surface area contributed by atoms with Gasteiger partial charge in [-0.15, -0.1) is 0 Å². The van der Waals surface area contributed by atoms with Crippen LogP contribution in [0.4, 0.5) is 15.3 Å². The van der Waals surface area contributed by atoms with Gasteiger partial charge in [0.2, 0.25) is 41.4 Å². The molecule has 13 atom stereocenters. The van der Waals surface area contributed by atoms with Crippen molar-refractivity contribution in [3.63, 3.8) is 0 Å². The summed E-state index contributed by atoms with van der Waals surface area (Å²) < 4.78 is 63.0. The summed E-state index contributed by atoms with van der Waals surface area (Å²) in [5.41, 5.74) is 15.8. The van der Waals surface area contributed by atoms with E-state index in [-0.39, 0.29) is 114 Å². The number of phosphoric ester groups is 2. The number of anilines is 1. The molecule has 1 heterocycles. The van der Waals surface area contributed by atoms with E-state index >= 15 is 0 Å². The third kappa shape index (κ3) is 42.4. The molecule has 0 aliphatic carbocycles. The van der Waals surface area contributed by atoms with E-state index in [0.717, 1.165) is 4.90 Å². The number of likely N-dealkylation sites (N-methyl/N-ethyl adjacent to an activating group) is 2. The van der Waals surface area contributed by atoms with E-state index < -0.39 is 160 Å². The summed E-state index contributed by atoms with van der Waals surface area (Å²) in [6, 6.07) is 7.57. The number of nitrogens with two attached hydrogens (primary N) is 1. The van der Waals surface area contributed by atoms with Gasteiger partial charge >= 0.3 is 45.7 Å². The van der Waals surface area contributed by atoms with E-state index in [0.29, 0.717) is 99.6 Å². The number of benzene rings is 2. The first kappa shape index (κ1) is 107. The molecule has 3 unspecified atom stereocenters. The van der Waals surface area contributed by atoms with Gasteiger partial charge in [-0.05, 0) is 145 Å². The minimum absolute atomic E-state index is 0.0115. The highest BCUT2D eigenvalue weighted by atomic mass is 31.3. The van der Waals surface area contributed by atoms with Crippen molar-refractivity contribution in [1.82, 2.24) is 47.0 Å². The van der Waals surface area contributed by atoms with Gasteiger partial charge in [0.1, 0.15) is 55.1 Å². The number of hydrogen-bond acceptors (Lipinski definition) is 23. The van der Waals surface area contributed by atoms with Gasteiger partial charge in [-0.1, -0.05) is 153 Å². The van der Waals surface area contributed by atoms with Crippen molar-refractivity contribution < 1.29 is 114 Å². The van der Waals surface area contributed by atoms with Crippen molar-refractivity contribution in [2.45, 2.75) is 273 Å². The molecular formula is C83H132N14O24P2. The quantitative estimate of drug-likeness (QED) is 0.00429. The normalized spacial score (nSPS) is 21.1. The number of hydrogen-bond donors (Lipinski definition) is 11. The molecule has 3 rings (SSSR count). The highest BCUT2D eigenvalue weighted by Gasteiger charge is 2.40. The maximum absolute atomic E-state index is 14.4. The molecule has 2 aromatic rings. The number of allylic oxidation sites excluding steroid dienone is 1. The number of unbranched alkanes of at least 4 members (excludes halogenated alkanes) is 9. The third-order valence-electron chi connectivity index (χ3n) is 20.4. The molecule has 1 aliphatic heterocycles. The summed E-state index contributed by atoms with van der Waals surface area (Å²) in [4.78, 5) is 202. The number of phosphoric acid groups is 2. The third-order valence-corrected chi connectivity index (χ3v) is 23.0. The Bertz CT molecular complexity index is 3980.